The van der Waals surface area contributed by atoms with Crippen molar-refractivity contribution in [3.8, 4) is 5.75 Å². The van der Waals surface area contributed by atoms with E-state index in [1.807, 2.05) is 12.2 Å². The van der Waals surface area contributed by atoms with E-state index in [-0.39, 0.29) is 11.8 Å². The lowest BCUT2D eigenvalue weighted by atomic mass is 10.0. The molecule has 1 atom stereocenters. The van der Waals surface area contributed by atoms with Crippen LogP contribution in [0.25, 0.3) is 0 Å². The van der Waals surface area contributed by atoms with Crippen molar-refractivity contribution >= 4 is 11.9 Å². The van der Waals surface area contributed by atoms with Gasteiger partial charge >= 0.3 is 5.97 Å². The van der Waals surface area contributed by atoms with Crippen molar-refractivity contribution in [2.75, 3.05) is 13.2 Å². The molecule has 1 aliphatic heterocycles. The molecule has 1 aliphatic carbocycles. The summed E-state index contributed by atoms with van der Waals surface area (Å²) >= 11 is 0. The van der Waals surface area contributed by atoms with E-state index in [9.17, 15) is 14.7 Å². The smallest absolute Gasteiger partial charge is 0.331 e. The Kier molecular flexibility index (Phi) is 3.64. The second kappa shape index (κ2) is 5.60. The number of ether oxygens (including phenoxy) is 1. The Bertz CT molecular complexity index is 588. The molecule has 0 saturated carbocycles. The van der Waals surface area contributed by atoms with E-state index in [4.69, 9.17) is 4.74 Å². The van der Waals surface area contributed by atoms with Gasteiger partial charge in [-0.2, -0.15) is 0 Å². The van der Waals surface area contributed by atoms with E-state index in [0.717, 1.165) is 0 Å². The minimum atomic E-state index is -1.02. The van der Waals surface area contributed by atoms with Gasteiger partial charge in [0.15, 0.2) is 6.04 Å². The fraction of sp³-hybridized carbons (Fsp3) is 0.375. The lowest BCUT2D eigenvalue weighted by Crippen LogP contribution is -2.42. The van der Waals surface area contributed by atoms with Crippen LogP contribution in [-0.4, -0.2) is 35.0 Å². The zero-order valence-electron chi connectivity index (χ0n) is 11.6. The fourth-order valence-electron chi connectivity index (χ4n) is 2.95. The fourth-order valence-corrected chi connectivity index (χ4v) is 2.95. The quantitative estimate of drug-likeness (QED) is 0.845. The summed E-state index contributed by atoms with van der Waals surface area (Å²) in [5, 5.41) is 9.61. The number of para-hydroxylation sites is 1. The van der Waals surface area contributed by atoms with Gasteiger partial charge in [0.05, 0.1) is 6.54 Å². The average molecular weight is 287 g/mol. The molecule has 1 heterocycles. The van der Waals surface area contributed by atoms with Gasteiger partial charge in [-0.25, -0.2) is 4.79 Å². The van der Waals surface area contributed by atoms with Crippen LogP contribution in [0.4, 0.5) is 0 Å². The first kappa shape index (κ1) is 13.7. The summed E-state index contributed by atoms with van der Waals surface area (Å²) in [6, 6.07) is 6.05. The number of carboxylic acid groups (broad SMARTS) is 1. The molecule has 21 heavy (non-hydrogen) atoms. The van der Waals surface area contributed by atoms with Crippen molar-refractivity contribution in [3.63, 3.8) is 0 Å². The van der Waals surface area contributed by atoms with Crippen LogP contribution in [0.2, 0.25) is 0 Å². The van der Waals surface area contributed by atoms with Gasteiger partial charge in [-0.1, -0.05) is 30.4 Å². The topological polar surface area (TPSA) is 66.8 Å². The van der Waals surface area contributed by atoms with Crippen LogP contribution in [0, 0.1) is 5.92 Å². The number of amides is 1. The molecule has 0 bridgehead atoms. The van der Waals surface area contributed by atoms with E-state index in [2.05, 4.69) is 0 Å². The number of carbonyl (C=O) groups is 2. The minimum absolute atomic E-state index is 0.104. The Hall–Kier alpha value is -2.30. The molecule has 0 aromatic heterocycles. The Morgan fingerprint density at radius 3 is 2.62 bits per heavy atom. The zero-order chi connectivity index (χ0) is 14.8. The number of nitrogens with zero attached hydrogens (tertiary/aromatic N) is 1. The monoisotopic (exact) mass is 287 g/mol. The zero-order valence-corrected chi connectivity index (χ0v) is 11.6. The lowest BCUT2D eigenvalue weighted by Gasteiger charge is -2.29. The van der Waals surface area contributed by atoms with Crippen molar-refractivity contribution in [3.05, 3.63) is 42.0 Å². The Labute approximate surface area is 122 Å². The van der Waals surface area contributed by atoms with Gasteiger partial charge in [-0.15, -0.1) is 0 Å². The van der Waals surface area contributed by atoms with Crippen molar-refractivity contribution in [2.45, 2.75) is 18.9 Å². The third-order valence-corrected chi connectivity index (χ3v) is 3.99. The molecule has 1 N–H and O–H groups in total. The highest BCUT2D eigenvalue weighted by Gasteiger charge is 2.37. The Morgan fingerprint density at radius 1 is 1.19 bits per heavy atom. The molecule has 0 saturated heterocycles. The molecule has 5 nitrogen and oxygen atoms in total. The average Bonchev–Trinajstić information content (AvgIpc) is 2.93. The highest BCUT2D eigenvalue weighted by molar-refractivity contribution is 5.87. The second-order valence-electron chi connectivity index (χ2n) is 5.30. The van der Waals surface area contributed by atoms with Crippen LogP contribution in [-0.2, 0) is 9.59 Å². The molecule has 1 aromatic carbocycles. The molecule has 2 aliphatic rings. The number of carbonyl (C=O) groups excluding carboxylic acids is 1. The van der Waals surface area contributed by atoms with Gasteiger partial charge in [0.1, 0.15) is 12.4 Å². The summed E-state index contributed by atoms with van der Waals surface area (Å²) in [5.74, 6) is -0.721. The summed E-state index contributed by atoms with van der Waals surface area (Å²) in [5.41, 5.74) is 0.543. The number of rotatable bonds is 2. The lowest BCUT2D eigenvalue weighted by molar-refractivity contribution is -0.152. The van der Waals surface area contributed by atoms with Gasteiger partial charge in [-0.3, -0.25) is 4.79 Å². The predicted molar refractivity (Wildman–Crippen MR) is 75.9 cm³/mol. The molecule has 1 amide bonds. The standard InChI is InChI=1S/C16H17NO4/c18-15(11-5-1-2-6-11)17-9-10-21-13-8-4-3-7-12(13)14(17)16(19)20/h1-4,7-8,11,14H,5-6,9-10H2,(H,19,20). The number of hydrogen-bond acceptors (Lipinski definition) is 3. The summed E-state index contributed by atoms with van der Waals surface area (Å²) in [6.07, 6.45) is 5.32. The van der Waals surface area contributed by atoms with Gasteiger partial charge < -0.3 is 14.7 Å². The minimum Gasteiger partial charge on any atom is -0.491 e. The molecule has 0 spiro atoms. The van der Waals surface area contributed by atoms with Crippen LogP contribution in [0.3, 0.4) is 0 Å². The highest BCUT2D eigenvalue weighted by Crippen LogP contribution is 2.34. The largest absolute Gasteiger partial charge is 0.491 e. The van der Waals surface area contributed by atoms with Crippen LogP contribution in [0.5, 0.6) is 5.75 Å². The van der Waals surface area contributed by atoms with Crippen LogP contribution >= 0.6 is 0 Å². The first-order chi connectivity index (χ1) is 10.2. The number of benzene rings is 1. The molecule has 5 heteroatoms. The molecule has 3 rings (SSSR count). The summed E-state index contributed by atoms with van der Waals surface area (Å²) < 4.78 is 5.60. The van der Waals surface area contributed by atoms with Crippen molar-refractivity contribution in [1.82, 2.24) is 4.90 Å². The van der Waals surface area contributed by atoms with Gasteiger partial charge in [0.2, 0.25) is 5.91 Å². The maximum Gasteiger partial charge on any atom is 0.331 e. The van der Waals surface area contributed by atoms with Gasteiger partial charge in [0.25, 0.3) is 0 Å². The first-order valence-corrected chi connectivity index (χ1v) is 7.08. The summed E-state index contributed by atoms with van der Waals surface area (Å²) in [6.45, 7) is 0.605. The maximum atomic E-state index is 12.6. The third kappa shape index (κ3) is 2.51. The first-order valence-electron chi connectivity index (χ1n) is 7.08. The third-order valence-electron chi connectivity index (χ3n) is 3.99. The molecule has 1 unspecified atom stereocenters. The molecule has 1 aromatic rings. The molecular formula is C16H17NO4. The highest BCUT2D eigenvalue weighted by atomic mass is 16.5. The second-order valence-corrected chi connectivity index (χ2v) is 5.30. The predicted octanol–water partition coefficient (Wildman–Crippen LogP) is 2.00. The number of allylic oxidation sites excluding steroid dienone is 2. The van der Waals surface area contributed by atoms with E-state index in [0.29, 0.717) is 37.3 Å². The van der Waals surface area contributed by atoms with Gasteiger partial charge in [-0.05, 0) is 18.9 Å². The van der Waals surface area contributed by atoms with Crippen molar-refractivity contribution < 1.29 is 19.4 Å². The van der Waals surface area contributed by atoms with Crippen LogP contribution in [0.15, 0.2) is 36.4 Å². The van der Waals surface area contributed by atoms with E-state index >= 15 is 0 Å². The SMILES string of the molecule is O=C(O)C1c2ccccc2OCCN1C(=O)C1CC=CC1. The van der Waals surface area contributed by atoms with Crippen molar-refractivity contribution in [1.29, 1.82) is 0 Å². The summed E-state index contributed by atoms with van der Waals surface area (Å²) in [4.78, 5) is 25.8. The number of aliphatic carboxylic acids is 1. The molecular weight excluding hydrogens is 270 g/mol. The molecule has 0 fully saturated rings. The van der Waals surface area contributed by atoms with E-state index < -0.39 is 12.0 Å². The molecule has 0 radical (unpaired) electrons. The number of hydrogen-bond donors (Lipinski definition) is 1. The van der Waals surface area contributed by atoms with E-state index in [1.165, 1.54) is 4.90 Å². The van der Waals surface area contributed by atoms with Crippen LogP contribution < -0.4 is 4.74 Å². The Morgan fingerprint density at radius 2 is 1.90 bits per heavy atom. The normalized spacial score (nSPS) is 21.5. The molecule has 110 valence electrons. The number of fused-ring (bicyclic) bond motifs is 1. The number of carboxylic acids is 1. The van der Waals surface area contributed by atoms with Crippen LogP contribution in [0.1, 0.15) is 24.4 Å². The van der Waals surface area contributed by atoms with E-state index in [1.54, 1.807) is 24.3 Å². The Balaban J connectivity index is 1.95. The maximum absolute atomic E-state index is 12.6. The van der Waals surface area contributed by atoms with Gasteiger partial charge in [0, 0.05) is 11.5 Å². The summed E-state index contributed by atoms with van der Waals surface area (Å²) in [7, 11) is 0. The van der Waals surface area contributed by atoms with Crippen molar-refractivity contribution in [2.24, 2.45) is 5.92 Å².